The minimum atomic E-state index is -0.206. The zero-order chi connectivity index (χ0) is 13.4. The number of Topliss-reactive ketones (excluding diaryl/α,β-unsaturated/α-hetero) is 1. The van der Waals surface area contributed by atoms with Crippen molar-refractivity contribution in [2.75, 3.05) is 6.61 Å². The molecule has 0 radical (unpaired) electrons. The molecule has 1 aromatic rings. The smallest absolute Gasteiger partial charge is 0.305 e. The molecule has 0 aromatic heterocycles. The van der Waals surface area contributed by atoms with Crippen molar-refractivity contribution in [2.24, 2.45) is 0 Å². The first-order chi connectivity index (χ1) is 8.65. The Hall–Kier alpha value is -1.35. The van der Waals surface area contributed by atoms with Crippen LogP contribution in [0.2, 0.25) is 5.02 Å². The summed E-state index contributed by atoms with van der Waals surface area (Å²) in [5.74, 6) is -0.188. The molecule has 0 bridgehead atoms. The second kappa shape index (κ2) is 7.88. The highest BCUT2D eigenvalue weighted by molar-refractivity contribution is 6.33. The lowest BCUT2D eigenvalue weighted by atomic mass is 10.0. The van der Waals surface area contributed by atoms with Crippen molar-refractivity contribution >= 4 is 23.4 Å². The predicted molar refractivity (Wildman–Crippen MR) is 70.9 cm³/mol. The van der Waals surface area contributed by atoms with E-state index in [1.54, 1.807) is 31.2 Å². The number of esters is 1. The minimum Gasteiger partial charge on any atom is -0.466 e. The Bertz CT molecular complexity index is 415. The maximum atomic E-state index is 11.8. The van der Waals surface area contributed by atoms with Gasteiger partial charge in [-0.05, 0) is 31.9 Å². The van der Waals surface area contributed by atoms with E-state index in [1.165, 1.54) is 0 Å². The summed E-state index contributed by atoms with van der Waals surface area (Å²) in [6.07, 6.45) is 2.10. The van der Waals surface area contributed by atoms with Crippen LogP contribution in [0.4, 0.5) is 0 Å². The van der Waals surface area contributed by atoms with Crippen molar-refractivity contribution < 1.29 is 14.3 Å². The lowest BCUT2D eigenvalue weighted by Crippen LogP contribution is -2.04. The van der Waals surface area contributed by atoms with Gasteiger partial charge in [-0.25, -0.2) is 0 Å². The van der Waals surface area contributed by atoms with Gasteiger partial charge in [0.05, 0.1) is 11.6 Å². The Kier molecular flexibility index (Phi) is 6.44. The van der Waals surface area contributed by atoms with Gasteiger partial charge in [0.25, 0.3) is 0 Å². The largest absolute Gasteiger partial charge is 0.466 e. The Balaban J connectivity index is 2.30. The van der Waals surface area contributed by atoms with Gasteiger partial charge in [-0.1, -0.05) is 23.7 Å². The van der Waals surface area contributed by atoms with Crippen LogP contribution in [0.15, 0.2) is 24.3 Å². The van der Waals surface area contributed by atoms with Crippen molar-refractivity contribution in [3.63, 3.8) is 0 Å². The lowest BCUT2D eigenvalue weighted by molar-refractivity contribution is -0.143. The third kappa shape index (κ3) is 4.88. The molecule has 3 nitrogen and oxygen atoms in total. The summed E-state index contributed by atoms with van der Waals surface area (Å²) >= 11 is 5.93. The van der Waals surface area contributed by atoms with Crippen LogP contribution in [0.25, 0.3) is 0 Å². The molecule has 0 unspecified atom stereocenters. The summed E-state index contributed by atoms with van der Waals surface area (Å²) in [7, 11) is 0. The van der Waals surface area contributed by atoms with Gasteiger partial charge in [-0.15, -0.1) is 0 Å². The van der Waals surface area contributed by atoms with Crippen LogP contribution in [-0.4, -0.2) is 18.4 Å². The molecule has 1 aromatic carbocycles. The summed E-state index contributed by atoms with van der Waals surface area (Å²) in [6, 6.07) is 7.00. The molecule has 0 fully saturated rings. The molecule has 0 saturated carbocycles. The van der Waals surface area contributed by atoms with Gasteiger partial charge in [0.2, 0.25) is 0 Å². The molecule has 1 rings (SSSR count). The SMILES string of the molecule is CCOC(=O)CCCCC(=O)c1ccccc1Cl. The Labute approximate surface area is 112 Å². The fraction of sp³-hybridized carbons (Fsp3) is 0.429. The number of hydrogen-bond donors (Lipinski definition) is 0. The van der Waals surface area contributed by atoms with Gasteiger partial charge in [0, 0.05) is 18.4 Å². The van der Waals surface area contributed by atoms with E-state index in [2.05, 4.69) is 0 Å². The average molecular weight is 269 g/mol. The van der Waals surface area contributed by atoms with Crippen LogP contribution in [0.1, 0.15) is 43.0 Å². The first kappa shape index (κ1) is 14.7. The van der Waals surface area contributed by atoms with Crippen LogP contribution in [0.5, 0.6) is 0 Å². The number of unbranched alkanes of at least 4 members (excludes halogenated alkanes) is 1. The number of ketones is 1. The molecule has 98 valence electrons. The van der Waals surface area contributed by atoms with E-state index in [0.29, 0.717) is 42.9 Å². The zero-order valence-corrected chi connectivity index (χ0v) is 11.2. The third-order valence-corrected chi connectivity index (χ3v) is 2.84. The molecule has 0 aliphatic carbocycles. The van der Waals surface area contributed by atoms with E-state index >= 15 is 0 Å². The fourth-order valence-electron chi connectivity index (χ4n) is 1.61. The molecular weight excluding hydrogens is 252 g/mol. The molecule has 0 aliphatic heterocycles. The molecule has 0 heterocycles. The van der Waals surface area contributed by atoms with Crippen LogP contribution in [-0.2, 0) is 9.53 Å². The first-order valence-electron chi connectivity index (χ1n) is 6.08. The minimum absolute atomic E-state index is 0.0180. The molecule has 0 N–H and O–H groups in total. The second-order valence-electron chi connectivity index (χ2n) is 3.92. The molecule has 0 aliphatic rings. The summed E-state index contributed by atoms with van der Waals surface area (Å²) in [5.41, 5.74) is 0.551. The Morgan fingerprint density at radius 1 is 1.17 bits per heavy atom. The number of ether oxygens (including phenoxy) is 1. The molecular formula is C14H17ClO3. The maximum Gasteiger partial charge on any atom is 0.305 e. The van der Waals surface area contributed by atoms with Gasteiger partial charge in [-0.3, -0.25) is 9.59 Å². The quantitative estimate of drug-likeness (QED) is 0.431. The van der Waals surface area contributed by atoms with Crippen molar-refractivity contribution in [1.29, 1.82) is 0 Å². The molecule has 18 heavy (non-hydrogen) atoms. The monoisotopic (exact) mass is 268 g/mol. The summed E-state index contributed by atoms with van der Waals surface area (Å²) in [5, 5.41) is 0.480. The van der Waals surface area contributed by atoms with E-state index in [1.807, 2.05) is 0 Å². The highest BCUT2D eigenvalue weighted by Crippen LogP contribution is 2.18. The number of carbonyl (C=O) groups excluding carboxylic acids is 2. The van der Waals surface area contributed by atoms with Crippen molar-refractivity contribution in [1.82, 2.24) is 0 Å². The maximum absolute atomic E-state index is 11.8. The topological polar surface area (TPSA) is 43.4 Å². The number of carbonyl (C=O) groups is 2. The lowest BCUT2D eigenvalue weighted by Gasteiger charge is -2.03. The standard InChI is InChI=1S/C14H17ClO3/c1-2-18-14(17)10-6-5-9-13(16)11-7-3-4-8-12(11)15/h3-4,7-8H,2,5-6,9-10H2,1H3. The molecule has 4 heteroatoms. The van der Waals surface area contributed by atoms with Crippen LogP contribution in [0.3, 0.4) is 0 Å². The van der Waals surface area contributed by atoms with E-state index in [4.69, 9.17) is 16.3 Å². The van der Waals surface area contributed by atoms with Gasteiger partial charge < -0.3 is 4.74 Å². The normalized spacial score (nSPS) is 10.1. The van der Waals surface area contributed by atoms with Crippen LogP contribution in [0, 0.1) is 0 Å². The first-order valence-corrected chi connectivity index (χ1v) is 6.46. The molecule has 0 spiro atoms. The van der Waals surface area contributed by atoms with Crippen LogP contribution < -0.4 is 0 Å². The van der Waals surface area contributed by atoms with E-state index in [-0.39, 0.29) is 11.8 Å². The van der Waals surface area contributed by atoms with Crippen molar-refractivity contribution in [2.45, 2.75) is 32.6 Å². The van der Waals surface area contributed by atoms with E-state index in [9.17, 15) is 9.59 Å². The van der Waals surface area contributed by atoms with E-state index < -0.39 is 0 Å². The van der Waals surface area contributed by atoms with Gasteiger partial charge >= 0.3 is 5.97 Å². The average Bonchev–Trinajstić information content (AvgIpc) is 2.35. The van der Waals surface area contributed by atoms with Crippen molar-refractivity contribution in [3.05, 3.63) is 34.9 Å². The van der Waals surface area contributed by atoms with Gasteiger partial charge in [-0.2, -0.15) is 0 Å². The van der Waals surface area contributed by atoms with Crippen molar-refractivity contribution in [3.8, 4) is 0 Å². The summed E-state index contributed by atoms with van der Waals surface area (Å²) < 4.78 is 4.81. The zero-order valence-electron chi connectivity index (χ0n) is 10.4. The summed E-state index contributed by atoms with van der Waals surface area (Å²) in [4.78, 5) is 22.9. The Morgan fingerprint density at radius 3 is 2.50 bits per heavy atom. The highest BCUT2D eigenvalue weighted by atomic mass is 35.5. The third-order valence-electron chi connectivity index (χ3n) is 2.51. The van der Waals surface area contributed by atoms with Gasteiger partial charge in [0.15, 0.2) is 5.78 Å². The highest BCUT2D eigenvalue weighted by Gasteiger charge is 2.09. The number of hydrogen-bond acceptors (Lipinski definition) is 3. The van der Waals surface area contributed by atoms with E-state index in [0.717, 1.165) is 0 Å². The van der Waals surface area contributed by atoms with Crippen LogP contribution >= 0.6 is 11.6 Å². The molecule has 0 amide bonds. The van der Waals surface area contributed by atoms with Gasteiger partial charge in [0.1, 0.15) is 0 Å². The fourth-order valence-corrected chi connectivity index (χ4v) is 1.85. The predicted octanol–water partition coefficient (Wildman–Crippen LogP) is 3.65. The number of benzene rings is 1. The molecule has 0 atom stereocenters. The Morgan fingerprint density at radius 2 is 1.83 bits per heavy atom. The molecule has 0 saturated heterocycles. The number of rotatable bonds is 7. The number of halogens is 1. The second-order valence-corrected chi connectivity index (χ2v) is 4.32. The summed E-state index contributed by atoms with van der Waals surface area (Å²) in [6.45, 7) is 2.18.